The summed E-state index contributed by atoms with van der Waals surface area (Å²) in [4.78, 5) is 0. The Balaban J connectivity index is 1.27. The quantitative estimate of drug-likeness (QED) is 0.681. The maximum atomic E-state index is 6.32. The zero-order valence-electron chi connectivity index (χ0n) is 16.0. The SMILES string of the molecule is COc1ccc(CNC2CCC(Oc3ccc4[nH]ncc4c3C)CC2)cc1. The number of nitrogens with one attached hydrogen (secondary N) is 2. The molecule has 1 heterocycles. The van der Waals surface area contributed by atoms with Crippen molar-refractivity contribution >= 4 is 10.9 Å². The van der Waals surface area contributed by atoms with Crippen LogP contribution in [0, 0.1) is 6.92 Å². The molecule has 0 amide bonds. The van der Waals surface area contributed by atoms with Crippen LogP contribution >= 0.6 is 0 Å². The lowest BCUT2D eigenvalue weighted by atomic mass is 9.92. The van der Waals surface area contributed by atoms with Gasteiger partial charge in [-0.05, 0) is 62.4 Å². The molecule has 5 heteroatoms. The molecule has 1 fully saturated rings. The molecule has 0 unspecified atom stereocenters. The van der Waals surface area contributed by atoms with Crippen LogP contribution in [-0.4, -0.2) is 29.5 Å². The Morgan fingerprint density at radius 2 is 1.85 bits per heavy atom. The van der Waals surface area contributed by atoms with E-state index < -0.39 is 0 Å². The molecule has 0 saturated heterocycles. The third kappa shape index (κ3) is 4.08. The van der Waals surface area contributed by atoms with Crippen molar-refractivity contribution in [2.75, 3.05) is 7.11 Å². The Morgan fingerprint density at radius 1 is 1.07 bits per heavy atom. The van der Waals surface area contributed by atoms with E-state index in [9.17, 15) is 0 Å². The summed E-state index contributed by atoms with van der Waals surface area (Å²) >= 11 is 0. The third-order valence-electron chi connectivity index (χ3n) is 5.57. The maximum absolute atomic E-state index is 6.32. The van der Waals surface area contributed by atoms with Crippen molar-refractivity contribution in [1.29, 1.82) is 0 Å². The van der Waals surface area contributed by atoms with Gasteiger partial charge in [0.1, 0.15) is 11.5 Å². The van der Waals surface area contributed by atoms with E-state index in [0.29, 0.717) is 12.1 Å². The van der Waals surface area contributed by atoms with Gasteiger partial charge in [0.15, 0.2) is 0 Å². The van der Waals surface area contributed by atoms with Gasteiger partial charge in [-0.2, -0.15) is 5.10 Å². The summed E-state index contributed by atoms with van der Waals surface area (Å²) in [6.07, 6.45) is 6.64. The molecule has 0 aliphatic heterocycles. The van der Waals surface area contributed by atoms with Gasteiger partial charge in [0, 0.05) is 23.5 Å². The summed E-state index contributed by atoms with van der Waals surface area (Å²) < 4.78 is 11.5. The summed E-state index contributed by atoms with van der Waals surface area (Å²) in [5.74, 6) is 1.89. The van der Waals surface area contributed by atoms with Gasteiger partial charge in [0.05, 0.1) is 24.9 Å². The first-order valence-corrected chi connectivity index (χ1v) is 9.68. The first-order valence-electron chi connectivity index (χ1n) is 9.68. The Kier molecular flexibility index (Phi) is 5.30. The number of aromatic nitrogens is 2. The first-order chi connectivity index (χ1) is 13.2. The third-order valence-corrected chi connectivity index (χ3v) is 5.57. The first kappa shape index (κ1) is 17.9. The highest BCUT2D eigenvalue weighted by Gasteiger charge is 2.23. The number of hydrogen-bond acceptors (Lipinski definition) is 4. The van der Waals surface area contributed by atoms with Crippen molar-refractivity contribution in [3.63, 3.8) is 0 Å². The van der Waals surface area contributed by atoms with Crippen molar-refractivity contribution in [1.82, 2.24) is 15.5 Å². The average molecular weight is 365 g/mol. The van der Waals surface area contributed by atoms with Crippen LogP contribution in [0.4, 0.5) is 0 Å². The summed E-state index contributed by atoms with van der Waals surface area (Å²) in [5.41, 5.74) is 3.52. The molecule has 0 spiro atoms. The highest BCUT2D eigenvalue weighted by Crippen LogP contribution is 2.30. The van der Waals surface area contributed by atoms with Crippen LogP contribution in [0.25, 0.3) is 10.9 Å². The fraction of sp³-hybridized carbons (Fsp3) is 0.409. The number of nitrogens with zero attached hydrogens (tertiary/aromatic N) is 1. The monoisotopic (exact) mass is 365 g/mol. The molecule has 142 valence electrons. The largest absolute Gasteiger partial charge is 0.497 e. The van der Waals surface area contributed by atoms with Gasteiger partial charge in [0.2, 0.25) is 0 Å². The number of ether oxygens (including phenoxy) is 2. The zero-order valence-corrected chi connectivity index (χ0v) is 16.0. The summed E-state index contributed by atoms with van der Waals surface area (Å²) in [6.45, 7) is 3.01. The molecule has 5 nitrogen and oxygen atoms in total. The maximum Gasteiger partial charge on any atom is 0.123 e. The van der Waals surface area contributed by atoms with Crippen molar-refractivity contribution in [3.8, 4) is 11.5 Å². The lowest BCUT2D eigenvalue weighted by molar-refractivity contribution is 0.138. The molecule has 1 saturated carbocycles. The fourth-order valence-electron chi connectivity index (χ4n) is 3.84. The molecule has 0 radical (unpaired) electrons. The Morgan fingerprint density at radius 3 is 2.59 bits per heavy atom. The molecule has 1 aliphatic carbocycles. The van der Waals surface area contributed by atoms with E-state index in [2.05, 4.69) is 40.6 Å². The van der Waals surface area contributed by atoms with Crippen LogP contribution in [0.2, 0.25) is 0 Å². The van der Waals surface area contributed by atoms with E-state index >= 15 is 0 Å². The predicted octanol–water partition coefficient (Wildman–Crippen LogP) is 4.36. The minimum atomic E-state index is 0.298. The molecule has 2 aromatic carbocycles. The molecule has 0 atom stereocenters. The average Bonchev–Trinajstić information content (AvgIpc) is 3.20. The molecule has 27 heavy (non-hydrogen) atoms. The van der Waals surface area contributed by atoms with E-state index in [4.69, 9.17) is 9.47 Å². The number of H-pyrrole nitrogens is 1. The van der Waals surface area contributed by atoms with E-state index in [1.165, 1.54) is 11.1 Å². The highest BCUT2D eigenvalue weighted by atomic mass is 16.5. The normalized spacial score (nSPS) is 19.9. The summed E-state index contributed by atoms with van der Waals surface area (Å²) in [7, 11) is 1.70. The van der Waals surface area contributed by atoms with Gasteiger partial charge < -0.3 is 14.8 Å². The van der Waals surface area contributed by atoms with Gasteiger partial charge in [-0.25, -0.2) is 0 Å². The van der Waals surface area contributed by atoms with Gasteiger partial charge >= 0.3 is 0 Å². The summed E-state index contributed by atoms with van der Waals surface area (Å²) in [6, 6.07) is 12.9. The fourth-order valence-corrected chi connectivity index (χ4v) is 3.84. The van der Waals surface area contributed by atoms with Gasteiger partial charge in [-0.15, -0.1) is 0 Å². The molecule has 1 aromatic heterocycles. The number of rotatable bonds is 6. The number of fused-ring (bicyclic) bond motifs is 1. The second-order valence-corrected chi connectivity index (χ2v) is 7.34. The number of hydrogen-bond donors (Lipinski definition) is 2. The lowest BCUT2D eigenvalue weighted by Gasteiger charge is -2.30. The van der Waals surface area contributed by atoms with Crippen LogP contribution in [0.15, 0.2) is 42.6 Å². The van der Waals surface area contributed by atoms with Crippen LogP contribution in [0.5, 0.6) is 11.5 Å². The van der Waals surface area contributed by atoms with Crippen LogP contribution in [-0.2, 0) is 6.54 Å². The van der Waals surface area contributed by atoms with Crippen molar-refractivity contribution in [2.24, 2.45) is 0 Å². The van der Waals surface area contributed by atoms with Gasteiger partial charge in [0.25, 0.3) is 0 Å². The second-order valence-electron chi connectivity index (χ2n) is 7.34. The van der Waals surface area contributed by atoms with Crippen molar-refractivity contribution in [2.45, 2.75) is 51.3 Å². The Hall–Kier alpha value is -2.53. The standard InChI is InChI=1S/C22H27N3O2/c1-15-20-14-24-25-21(20)11-12-22(15)27-19-9-5-17(6-10-19)23-13-16-3-7-18(26-2)8-4-16/h3-4,7-8,11-12,14,17,19,23H,5-6,9-10,13H2,1-2H3,(H,24,25). The van der Waals surface area contributed by atoms with Gasteiger partial charge in [-0.1, -0.05) is 12.1 Å². The van der Waals surface area contributed by atoms with E-state index in [1.807, 2.05) is 24.4 Å². The lowest BCUT2D eigenvalue weighted by Crippen LogP contribution is -2.36. The number of aryl methyl sites for hydroxylation is 1. The highest BCUT2D eigenvalue weighted by molar-refractivity contribution is 5.83. The molecule has 4 rings (SSSR count). The molecule has 1 aliphatic rings. The van der Waals surface area contributed by atoms with Gasteiger partial charge in [-0.3, -0.25) is 5.10 Å². The van der Waals surface area contributed by atoms with Crippen molar-refractivity contribution in [3.05, 3.63) is 53.7 Å². The van der Waals surface area contributed by atoms with Crippen LogP contribution in [0.3, 0.4) is 0 Å². The van der Waals surface area contributed by atoms with E-state index in [1.54, 1.807) is 7.11 Å². The molecule has 3 aromatic rings. The predicted molar refractivity (Wildman–Crippen MR) is 107 cm³/mol. The molecule has 0 bridgehead atoms. The molecular formula is C22H27N3O2. The molecule has 2 N–H and O–H groups in total. The van der Waals surface area contributed by atoms with E-state index in [0.717, 1.165) is 54.6 Å². The minimum Gasteiger partial charge on any atom is -0.497 e. The van der Waals surface area contributed by atoms with Crippen molar-refractivity contribution < 1.29 is 9.47 Å². The van der Waals surface area contributed by atoms with Crippen LogP contribution < -0.4 is 14.8 Å². The minimum absolute atomic E-state index is 0.298. The zero-order chi connectivity index (χ0) is 18.6. The number of methoxy groups -OCH3 is 1. The Labute approximate surface area is 160 Å². The second kappa shape index (κ2) is 8.01. The molecular weight excluding hydrogens is 338 g/mol. The summed E-state index contributed by atoms with van der Waals surface area (Å²) in [5, 5.41) is 12.0. The Bertz CT molecular complexity index is 880. The van der Waals surface area contributed by atoms with E-state index in [-0.39, 0.29) is 0 Å². The van der Waals surface area contributed by atoms with Crippen LogP contribution in [0.1, 0.15) is 36.8 Å². The topological polar surface area (TPSA) is 59.2 Å². The smallest absolute Gasteiger partial charge is 0.123 e. The number of aromatic amines is 1. The number of benzene rings is 2.